The summed E-state index contributed by atoms with van der Waals surface area (Å²) in [6.45, 7) is 1.64. The number of carbonyl (C=O) groups is 4. The Morgan fingerprint density at radius 2 is 2.11 bits per heavy atom. The second-order valence-electron chi connectivity index (χ2n) is 9.31. The Bertz CT molecular complexity index is 1860. The molecule has 3 amide bonds. The Morgan fingerprint density at radius 3 is 2.77 bits per heavy atom. The second kappa shape index (κ2) is 14.7. The number of nitrogens with two attached hydrogens (primary N) is 1. The first-order valence-corrected chi connectivity index (χ1v) is 17.3. The molecule has 3 aromatic rings. The molecule has 47 heavy (non-hydrogen) atoms. The average molecular weight is 744 g/mol. The highest BCUT2D eigenvalue weighted by atomic mass is 35.5. The highest BCUT2D eigenvalue weighted by Gasteiger charge is 2.54. The summed E-state index contributed by atoms with van der Waals surface area (Å²) >= 11 is 10.8. The summed E-state index contributed by atoms with van der Waals surface area (Å²) in [5.41, 5.74) is 5.50. The number of aromatic nitrogens is 2. The Balaban J connectivity index is 1.19. The molecule has 1 saturated heterocycles. The quantitative estimate of drug-likeness (QED) is 0.0587. The van der Waals surface area contributed by atoms with Crippen LogP contribution < -0.4 is 26.9 Å². The van der Waals surface area contributed by atoms with Gasteiger partial charge in [0.25, 0.3) is 11.8 Å². The number of hydrogen-bond donors (Lipinski definition) is 5. The molecular formula is C25H22ClN7O10S4. The van der Waals surface area contributed by atoms with Gasteiger partial charge in [-0.1, -0.05) is 39.9 Å². The van der Waals surface area contributed by atoms with Crippen LogP contribution >= 0.6 is 58.2 Å². The fraction of sp³-hybridized carbons (Fsp3) is 0.280. The summed E-state index contributed by atoms with van der Waals surface area (Å²) in [7, 11) is 0. The number of carboxylic acids is 1. The summed E-state index contributed by atoms with van der Waals surface area (Å²) in [5, 5.41) is 26.8. The van der Waals surface area contributed by atoms with Gasteiger partial charge in [0.2, 0.25) is 0 Å². The molecule has 0 spiro atoms. The van der Waals surface area contributed by atoms with Crippen molar-refractivity contribution >= 4 is 92.9 Å². The number of nitrogens with one attached hydrogen (secondary N) is 2. The lowest BCUT2D eigenvalue weighted by molar-refractivity contribution is -0.150. The first-order valence-electron chi connectivity index (χ1n) is 13.1. The molecule has 3 aromatic heterocycles. The normalized spacial score (nSPS) is 17.6. The van der Waals surface area contributed by atoms with Gasteiger partial charge < -0.3 is 40.3 Å². The van der Waals surface area contributed by atoms with E-state index in [2.05, 4.69) is 34.6 Å². The number of ether oxygens (including phenoxy) is 1. The largest absolute Gasteiger partial charge is 0.521 e. The zero-order chi connectivity index (χ0) is 33.8. The third-order valence-corrected chi connectivity index (χ3v) is 11.1. The minimum Gasteiger partial charge on any atom is -0.477 e. The number of fused-ring (bicyclic) bond motifs is 1. The minimum atomic E-state index is -1.31. The van der Waals surface area contributed by atoms with Crippen molar-refractivity contribution in [3.63, 3.8) is 0 Å². The zero-order valence-corrected chi connectivity index (χ0v) is 27.8. The highest BCUT2D eigenvalue weighted by molar-refractivity contribution is 8.06. The fourth-order valence-corrected chi connectivity index (χ4v) is 8.68. The van der Waals surface area contributed by atoms with Gasteiger partial charge in [-0.05, 0) is 11.6 Å². The number of nitrogens with zero attached hydrogens (tertiary/aromatic N) is 4. The van der Waals surface area contributed by atoms with Crippen molar-refractivity contribution in [2.75, 3.05) is 23.8 Å². The Morgan fingerprint density at radius 1 is 1.32 bits per heavy atom. The first-order chi connectivity index (χ1) is 22.5. The van der Waals surface area contributed by atoms with Crippen LogP contribution in [0.1, 0.15) is 17.0 Å². The molecule has 1 fully saturated rings. The van der Waals surface area contributed by atoms with Crippen LogP contribution in [-0.2, 0) is 20.1 Å². The number of hydrogen-bond acceptors (Lipinski definition) is 17. The molecule has 0 unspecified atom stereocenters. The number of halogens is 1. The van der Waals surface area contributed by atoms with Crippen molar-refractivity contribution < 1.29 is 43.1 Å². The van der Waals surface area contributed by atoms with Crippen LogP contribution in [-0.4, -0.2) is 84.2 Å². The van der Waals surface area contributed by atoms with Gasteiger partial charge in [0, 0.05) is 52.9 Å². The number of aryl methyl sites for hydroxylation is 1. The van der Waals surface area contributed by atoms with Crippen molar-refractivity contribution in [3.05, 3.63) is 61.0 Å². The predicted molar refractivity (Wildman–Crippen MR) is 172 cm³/mol. The van der Waals surface area contributed by atoms with Crippen LogP contribution in [0.5, 0.6) is 5.95 Å². The van der Waals surface area contributed by atoms with Gasteiger partial charge in [-0.3, -0.25) is 19.5 Å². The molecule has 0 aromatic carbocycles. The van der Waals surface area contributed by atoms with Crippen LogP contribution in [0.2, 0.25) is 4.34 Å². The topological polar surface area (TPSA) is 253 Å². The molecule has 2 aliphatic heterocycles. The number of pyridine rings is 1. The van der Waals surface area contributed by atoms with E-state index in [9.17, 15) is 34.3 Å². The van der Waals surface area contributed by atoms with E-state index in [0.717, 1.165) is 26.7 Å². The van der Waals surface area contributed by atoms with Crippen LogP contribution in [0.3, 0.4) is 0 Å². The van der Waals surface area contributed by atoms with E-state index in [1.807, 2.05) is 0 Å². The number of thioether (sulfide) groups is 3. The minimum absolute atomic E-state index is 0.0147. The summed E-state index contributed by atoms with van der Waals surface area (Å²) in [5.74, 6) is -3.02. The van der Waals surface area contributed by atoms with E-state index >= 15 is 0 Å². The number of anilines is 1. The monoisotopic (exact) mass is 743 g/mol. The molecule has 17 nitrogen and oxygen atoms in total. The molecule has 248 valence electrons. The molecule has 0 bridgehead atoms. The van der Waals surface area contributed by atoms with E-state index < -0.39 is 46.8 Å². The van der Waals surface area contributed by atoms with Crippen molar-refractivity contribution in [3.8, 4) is 5.95 Å². The predicted octanol–water partition coefficient (Wildman–Crippen LogP) is 2.32. The molecule has 5 heterocycles. The number of carbonyl (C=O) groups excluding carboxylic acids is 3. The summed E-state index contributed by atoms with van der Waals surface area (Å²) in [4.78, 5) is 71.7. The lowest BCUT2D eigenvalue weighted by Crippen LogP contribution is -2.71. The van der Waals surface area contributed by atoms with Crippen LogP contribution in [0.15, 0.2) is 52.7 Å². The SMILES string of the molecule is Cc1oc(=O)oc1OC(=O)NCCSCc1cnccc1SC1=C(C(=O)O)N2C(=O)[C@@H](NC(=O)/C(=N\O)c3nc(N)sc3Cl)[C@H]2SC1. The Kier molecular flexibility index (Phi) is 10.7. The lowest BCUT2D eigenvalue weighted by Gasteiger charge is -2.49. The van der Waals surface area contributed by atoms with Gasteiger partial charge in [0.15, 0.2) is 16.6 Å². The molecule has 0 radical (unpaired) electrons. The third-order valence-electron chi connectivity index (χ3n) is 6.31. The van der Waals surface area contributed by atoms with Crippen molar-refractivity contribution in [1.82, 2.24) is 25.5 Å². The molecule has 5 rings (SSSR count). The molecule has 0 aliphatic carbocycles. The molecule has 2 aliphatic rings. The first kappa shape index (κ1) is 34.2. The summed E-state index contributed by atoms with van der Waals surface area (Å²) in [6, 6.07) is 0.633. The molecule has 2 atom stereocenters. The molecule has 22 heteroatoms. The Hall–Kier alpha value is -4.18. The lowest BCUT2D eigenvalue weighted by atomic mass is 10.0. The van der Waals surface area contributed by atoms with Gasteiger partial charge in [0.05, 0.1) is 0 Å². The Labute approximate surface area is 285 Å². The van der Waals surface area contributed by atoms with Gasteiger partial charge in [0.1, 0.15) is 27.1 Å². The van der Waals surface area contributed by atoms with Gasteiger partial charge in [-0.25, -0.2) is 19.4 Å². The number of β-lactam (4-membered cyclic amide) rings is 1. The van der Waals surface area contributed by atoms with E-state index in [0.29, 0.717) is 16.4 Å². The number of rotatable bonds is 12. The van der Waals surface area contributed by atoms with Gasteiger partial charge >= 0.3 is 23.8 Å². The zero-order valence-electron chi connectivity index (χ0n) is 23.8. The van der Waals surface area contributed by atoms with Gasteiger partial charge in [-0.15, -0.1) is 11.8 Å². The van der Waals surface area contributed by atoms with E-state index in [-0.39, 0.29) is 44.9 Å². The number of nitrogen functional groups attached to an aromatic ring is 1. The smallest absolute Gasteiger partial charge is 0.477 e. The second-order valence-corrected chi connectivity index (χ2v) is 14.3. The van der Waals surface area contributed by atoms with E-state index in [4.69, 9.17) is 22.1 Å². The molecule has 6 N–H and O–H groups in total. The maximum Gasteiger partial charge on any atom is 0.521 e. The number of thiazole rings is 1. The average Bonchev–Trinajstić information content (AvgIpc) is 3.53. The summed E-state index contributed by atoms with van der Waals surface area (Å²) < 4.78 is 14.2. The summed E-state index contributed by atoms with van der Waals surface area (Å²) in [6.07, 6.45) is 2.38. The van der Waals surface area contributed by atoms with E-state index in [1.165, 1.54) is 42.2 Å². The van der Waals surface area contributed by atoms with Crippen LogP contribution in [0, 0.1) is 6.92 Å². The van der Waals surface area contributed by atoms with Crippen molar-refractivity contribution in [2.45, 2.75) is 29.0 Å². The fourth-order valence-electron chi connectivity index (χ4n) is 4.25. The maximum atomic E-state index is 13.2. The molecule has 0 saturated carbocycles. The van der Waals surface area contributed by atoms with E-state index in [1.54, 1.807) is 18.5 Å². The highest BCUT2D eigenvalue weighted by Crippen LogP contribution is 2.46. The third kappa shape index (κ3) is 7.53. The maximum absolute atomic E-state index is 13.2. The number of carboxylic acid groups (broad SMARTS) is 1. The van der Waals surface area contributed by atoms with Crippen LogP contribution in [0.25, 0.3) is 0 Å². The number of aliphatic carboxylic acids is 1. The van der Waals surface area contributed by atoms with Gasteiger partial charge in [-0.2, -0.15) is 11.8 Å². The number of amides is 3. The molecular weight excluding hydrogens is 722 g/mol. The standard InChI is InChI=1S/C25H22ClN7O10S4/c1-9-22(43-25(39)41-9)42-24(38)29-4-5-44-7-10-6-28-3-2-11(10)46-12-8-45-20-15(19(35)33(20)16(12)21(36)37)30-18(34)14(32-40)13-17(26)47-23(27)31-13/h2-3,6,15,20,40H,4-5,7-8H2,1H3,(H2,27,31)(H,29,38)(H,30,34)(H,36,37)/b32-14-/t15-,20-/m1/s1. The van der Waals surface area contributed by atoms with Crippen LogP contribution in [0.4, 0.5) is 9.93 Å². The van der Waals surface area contributed by atoms with Crippen molar-refractivity contribution in [2.24, 2.45) is 5.16 Å². The van der Waals surface area contributed by atoms with Crippen molar-refractivity contribution in [1.29, 1.82) is 0 Å². The number of oxime groups is 1.